The van der Waals surface area contributed by atoms with Gasteiger partial charge in [0.15, 0.2) is 0 Å². The van der Waals surface area contributed by atoms with Gasteiger partial charge < -0.3 is 42.6 Å². The third-order valence-electron chi connectivity index (χ3n) is 6.11. The van der Waals surface area contributed by atoms with Gasteiger partial charge in [-0.25, -0.2) is 4.79 Å². The average Bonchev–Trinajstić information content (AvgIpc) is 3.31. The normalized spacial score (nSPS) is 14.1. The van der Waals surface area contributed by atoms with Crippen molar-refractivity contribution < 1.29 is 34.2 Å². The molecule has 0 saturated carbocycles. The van der Waals surface area contributed by atoms with E-state index in [1.54, 1.807) is 6.20 Å². The van der Waals surface area contributed by atoms with Gasteiger partial charge in [-0.2, -0.15) is 12.6 Å². The highest BCUT2D eigenvalue weighted by Gasteiger charge is 2.30. The maximum Gasteiger partial charge on any atom is 0.326 e. The number of hydrogen-bond donors (Lipinski definition) is 9. The second kappa shape index (κ2) is 15.7. The lowest BCUT2D eigenvalue weighted by Crippen LogP contribution is -2.57. The molecule has 3 amide bonds. The van der Waals surface area contributed by atoms with Crippen molar-refractivity contribution >= 4 is 53.2 Å². The minimum atomic E-state index is -1.46. The number of nitrogens with one attached hydrogen (secondary N) is 4. The molecule has 0 saturated heterocycles. The summed E-state index contributed by atoms with van der Waals surface area (Å²) >= 11 is 4.04. The molecule has 0 aliphatic rings. The third-order valence-corrected chi connectivity index (χ3v) is 6.50. The summed E-state index contributed by atoms with van der Waals surface area (Å²) in [5, 5.41) is 26.7. The summed E-state index contributed by atoms with van der Waals surface area (Å²) in [6, 6.07) is 2.72. The highest BCUT2D eigenvalue weighted by molar-refractivity contribution is 7.80. The molecule has 1 aromatic heterocycles. The first-order valence-corrected chi connectivity index (χ1v) is 13.2. The van der Waals surface area contributed by atoms with Crippen LogP contribution >= 0.6 is 12.6 Å². The number of H-pyrrole nitrogens is 1. The SMILES string of the molecule is NCCCCC(NC(=O)C(Cc1c[nH]c2ccccc12)NC(=O)C(N)CS)C(=O)NC(CCC(=O)O)C(=O)O. The van der Waals surface area contributed by atoms with Crippen molar-refractivity contribution in [3.05, 3.63) is 36.0 Å². The second-order valence-electron chi connectivity index (χ2n) is 9.09. The van der Waals surface area contributed by atoms with Crippen LogP contribution < -0.4 is 27.4 Å². The maximum absolute atomic E-state index is 13.4. The van der Waals surface area contributed by atoms with Gasteiger partial charge in [0, 0.05) is 35.7 Å². The summed E-state index contributed by atoms with van der Waals surface area (Å²) in [6.07, 6.45) is 2.14. The quantitative estimate of drug-likeness (QED) is 0.0889. The van der Waals surface area contributed by atoms with Crippen molar-refractivity contribution in [2.45, 2.75) is 62.7 Å². The van der Waals surface area contributed by atoms with E-state index in [0.29, 0.717) is 19.4 Å². The number of benzene rings is 1. The number of unbranched alkanes of at least 4 members (excludes halogenated alkanes) is 1. The van der Waals surface area contributed by atoms with E-state index >= 15 is 0 Å². The zero-order valence-corrected chi connectivity index (χ0v) is 22.3. The summed E-state index contributed by atoms with van der Waals surface area (Å²) in [6.45, 7) is 0.347. The Morgan fingerprint density at radius 1 is 0.897 bits per heavy atom. The fourth-order valence-corrected chi connectivity index (χ4v) is 4.09. The zero-order valence-electron chi connectivity index (χ0n) is 21.4. The van der Waals surface area contributed by atoms with E-state index in [1.807, 2.05) is 24.3 Å². The van der Waals surface area contributed by atoms with Crippen LogP contribution in [0.15, 0.2) is 30.5 Å². The number of carboxylic acids is 2. The van der Waals surface area contributed by atoms with Crippen molar-refractivity contribution in [2.24, 2.45) is 11.5 Å². The summed E-state index contributed by atoms with van der Waals surface area (Å²) in [4.78, 5) is 64.6. The van der Waals surface area contributed by atoms with Crippen LogP contribution in [0, 0.1) is 0 Å². The van der Waals surface area contributed by atoms with E-state index in [1.165, 1.54) is 0 Å². The van der Waals surface area contributed by atoms with Crippen LogP contribution in [0.5, 0.6) is 0 Å². The standard InChI is InChI=1S/C25H36N6O7S/c26-10-4-3-7-18(23(35)30-19(25(37)38)8-9-21(32)33)29-24(36)20(31-22(34)16(27)13-39)11-14-12-28-17-6-2-1-5-15(14)17/h1-2,5-6,12,16,18-20,28,39H,3-4,7-11,13,26-27H2,(H,29,36)(H,30,35)(H,31,34)(H,32,33)(H,37,38). The van der Waals surface area contributed by atoms with Gasteiger partial charge in [-0.1, -0.05) is 18.2 Å². The van der Waals surface area contributed by atoms with Gasteiger partial charge in [0.25, 0.3) is 0 Å². The predicted octanol–water partition coefficient (Wildman–Crippen LogP) is -0.500. The van der Waals surface area contributed by atoms with Crippen molar-refractivity contribution in [2.75, 3.05) is 12.3 Å². The number of carboxylic acid groups (broad SMARTS) is 2. The summed E-state index contributed by atoms with van der Waals surface area (Å²) in [7, 11) is 0. The number of amides is 3. The van der Waals surface area contributed by atoms with Gasteiger partial charge in [-0.15, -0.1) is 0 Å². The molecular formula is C25H36N6O7S. The van der Waals surface area contributed by atoms with Gasteiger partial charge in [0.05, 0.1) is 6.04 Å². The van der Waals surface area contributed by atoms with Gasteiger partial charge in [0.2, 0.25) is 17.7 Å². The van der Waals surface area contributed by atoms with E-state index < -0.39 is 60.2 Å². The monoisotopic (exact) mass is 564 g/mol. The molecule has 10 N–H and O–H groups in total. The number of carbonyl (C=O) groups excluding carboxylic acids is 3. The van der Waals surface area contributed by atoms with Crippen LogP contribution in [0.25, 0.3) is 10.9 Å². The molecular weight excluding hydrogens is 528 g/mol. The van der Waals surface area contributed by atoms with Crippen LogP contribution in [-0.4, -0.2) is 81.3 Å². The van der Waals surface area contributed by atoms with Crippen LogP contribution in [0.2, 0.25) is 0 Å². The van der Waals surface area contributed by atoms with Gasteiger partial charge in [-0.3, -0.25) is 19.2 Å². The molecule has 2 rings (SSSR count). The highest BCUT2D eigenvalue weighted by atomic mass is 32.1. The molecule has 1 aromatic carbocycles. The molecule has 2 aromatic rings. The number of aromatic amines is 1. The Morgan fingerprint density at radius 2 is 1.54 bits per heavy atom. The smallest absolute Gasteiger partial charge is 0.326 e. The molecule has 14 heteroatoms. The Morgan fingerprint density at radius 3 is 2.18 bits per heavy atom. The van der Waals surface area contributed by atoms with E-state index in [-0.39, 0.29) is 25.0 Å². The third kappa shape index (κ3) is 9.89. The zero-order chi connectivity index (χ0) is 28.9. The van der Waals surface area contributed by atoms with E-state index in [9.17, 15) is 29.1 Å². The minimum Gasteiger partial charge on any atom is -0.481 e. The van der Waals surface area contributed by atoms with Gasteiger partial charge in [-0.05, 0) is 43.9 Å². The number of carbonyl (C=O) groups is 5. The largest absolute Gasteiger partial charge is 0.481 e. The Hall–Kier alpha value is -3.62. The van der Waals surface area contributed by atoms with Crippen molar-refractivity contribution in [1.29, 1.82) is 0 Å². The Balaban J connectivity index is 2.27. The number of aliphatic carboxylic acids is 2. The number of aromatic nitrogens is 1. The molecule has 214 valence electrons. The van der Waals surface area contributed by atoms with Gasteiger partial charge >= 0.3 is 11.9 Å². The van der Waals surface area contributed by atoms with Crippen LogP contribution in [0.4, 0.5) is 0 Å². The Labute approximate surface area is 230 Å². The Bertz CT molecular complexity index is 1160. The Kier molecular flexibility index (Phi) is 12.7. The predicted molar refractivity (Wildman–Crippen MR) is 147 cm³/mol. The lowest BCUT2D eigenvalue weighted by molar-refractivity contribution is -0.143. The number of nitrogens with two attached hydrogens (primary N) is 2. The van der Waals surface area contributed by atoms with E-state index in [0.717, 1.165) is 16.5 Å². The van der Waals surface area contributed by atoms with E-state index in [2.05, 4.69) is 33.6 Å². The molecule has 0 aliphatic carbocycles. The molecule has 39 heavy (non-hydrogen) atoms. The molecule has 0 aliphatic heterocycles. The number of thiol groups is 1. The number of hydrogen-bond acceptors (Lipinski definition) is 8. The minimum absolute atomic E-state index is 0.0459. The molecule has 0 bridgehead atoms. The first-order valence-electron chi connectivity index (χ1n) is 12.5. The van der Waals surface area contributed by atoms with Crippen LogP contribution in [0.1, 0.15) is 37.7 Å². The fourth-order valence-electron chi connectivity index (χ4n) is 3.92. The summed E-state index contributed by atoms with van der Waals surface area (Å²) < 4.78 is 0. The first kappa shape index (κ1) is 31.6. The van der Waals surface area contributed by atoms with Crippen molar-refractivity contribution in [3.8, 4) is 0 Å². The first-order chi connectivity index (χ1) is 18.6. The molecule has 4 unspecified atom stereocenters. The molecule has 13 nitrogen and oxygen atoms in total. The fraction of sp³-hybridized carbons (Fsp3) is 0.480. The molecule has 0 radical (unpaired) electrons. The molecule has 0 spiro atoms. The summed E-state index contributed by atoms with van der Waals surface area (Å²) in [5.41, 5.74) is 12.9. The van der Waals surface area contributed by atoms with Crippen LogP contribution in [0.3, 0.4) is 0 Å². The number of para-hydroxylation sites is 1. The van der Waals surface area contributed by atoms with E-state index in [4.69, 9.17) is 16.6 Å². The number of rotatable bonds is 17. The van der Waals surface area contributed by atoms with Crippen molar-refractivity contribution in [3.63, 3.8) is 0 Å². The van der Waals surface area contributed by atoms with Gasteiger partial charge in [0.1, 0.15) is 18.1 Å². The van der Waals surface area contributed by atoms with Crippen molar-refractivity contribution in [1.82, 2.24) is 20.9 Å². The van der Waals surface area contributed by atoms with Crippen LogP contribution in [-0.2, 0) is 30.4 Å². The second-order valence-corrected chi connectivity index (χ2v) is 9.46. The summed E-state index contributed by atoms with van der Waals surface area (Å²) in [5.74, 6) is -4.63. The molecule has 0 fully saturated rings. The lowest BCUT2D eigenvalue weighted by atomic mass is 10.0. The topological polar surface area (TPSA) is 230 Å². The average molecular weight is 565 g/mol. The molecule has 4 atom stereocenters. The molecule has 1 heterocycles. The lowest BCUT2D eigenvalue weighted by Gasteiger charge is -2.25. The number of fused-ring (bicyclic) bond motifs is 1. The maximum atomic E-state index is 13.4. The highest BCUT2D eigenvalue weighted by Crippen LogP contribution is 2.19.